The van der Waals surface area contributed by atoms with Crippen molar-refractivity contribution in [1.82, 2.24) is 14.8 Å². The van der Waals surface area contributed by atoms with Crippen LogP contribution in [0.2, 0.25) is 5.15 Å². The molecule has 0 fully saturated rings. The van der Waals surface area contributed by atoms with Crippen LogP contribution in [0, 0.1) is 10.1 Å². The molecule has 0 spiro atoms. The molecule has 0 radical (unpaired) electrons. The molecule has 1 aromatic heterocycles. The molecule has 1 rings (SSSR count). The minimum Gasteiger partial charge on any atom is -0.352 e. The first-order valence-corrected chi connectivity index (χ1v) is 8.94. The number of ether oxygens (including phenoxy) is 2. The van der Waals surface area contributed by atoms with Gasteiger partial charge in [-0.05, 0) is 32.4 Å². The maximum atomic E-state index is 11.2. The van der Waals surface area contributed by atoms with Gasteiger partial charge in [0, 0.05) is 39.5 Å². The highest BCUT2D eigenvalue weighted by Gasteiger charge is 2.21. The first-order chi connectivity index (χ1) is 12.4. The number of rotatable bonds is 12. The number of likely N-dealkylation sites (N-methyl/N-ethyl adjacent to an activating group) is 1. The summed E-state index contributed by atoms with van der Waals surface area (Å²) < 4.78 is 11.2. The van der Waals surface area contributed by atoms with Gasteiger partial charge in [0.15, 0.2) is 12.1 Å². The van der Waals surface area contributed by atoms with Gasteiger partial charge in [-0.1, -0.05) is 17.7 Å². The van der Waals surface area contributed by atoms with E-state index in [-0.39, 0.29) is 0 Å². The summed E-state index contributed by atoms with van der Waals surface area (Å²) in [6.45, 7) is 8.12. The summed E-state index contributed by atoms with van der Waals surface area (Å²) in [6.07, 6.45) is 2.20. The minimum absolute atomic E-state index is 0.390. The molecule has 0 aliphatic carbocycles. The third-order valence-corrected chi connectivity index (χ3v) is 3.82. The van der Waals surface area contributed by atoms with Crippen LogP contribution >= 0.6 is 11.6 Å². The van der Waals surface area contributed by atoms with E-state index >= 15 is 0 Å². The van der Waals surface area contributed by atoms with Crippen molar-refractivity contribution in [2.75, 3.05) is 33.4 Å². The van der Waals surface area contributed by atoms with Crippen molar-refractivity contribution in [1.29, 1.82) is 0 Å². The zero-order valence-corrected chi connectivity index (χ0v) is 16.5. The summed E-state index contributed by atoms with van der Waals surface area (Å²) in [6, 6.07) is 3.54. The summed E-state index contributed by atoms with van der Waals surface area (Å²) in [5.41, 5.74) is 0.897. The van der Waals surface area contributed by atoms with Gasteiger partial charge < -0.3 is 19.3 Å². The van der Waals surface area contributed by atoms with E-state index in [4.69, 9.17) is 21.1 Å². The summed E-state index contributed by atoms with van der Waals surface area (Å²) in [5, 5.41) is 11.6. The van der Waals surface area contributed by atoms with Crippen molar-refractivity contribution in [3.8, 4) is 0 Å². The average Bonchev–Trinajstić information content (AvgIpc) is 2.60. The smallest absolute Gasteiger partial charge is 0.274 e. The molecule has 0 amide bonds. The number of nitrogens with zero attached hydrogens (tertiary/aromatic N) is 4. The van der Waals surface area contributed by atoms with Gasteiger partial charge in [0.1, 0.15) is 5.15 Å². The van der Waals surface area contributed by atoms with Crippen LogP contribution in [0.4, 0.5) is 0 Å². The van der Waals surface area contributed by atoms with Gasteiger partial charge in [-0.3, -0.25) is 10.1 Å². The Morgan fingerprint density at radius 2 is 2.00 bits per heavy atom. The lowest BCUT2D eigenvalue weighted by molar-refractivity contribution is -0.405. The number of pyridine rings is 1. The predicted molar refractivity (Wildman–Crippen MR) is 100 cm³/mol. The van der Waals surface area contributed by atoms with Crippen molar-refractivity contribution >= 4 is 11.6 Å². The summed E-state index contributed by atoms with van der Waals surface area (Å²) in [4.78, 5) is 18.4. The minimum atomic E-state index is -0.453. The first kappa shape index (κ1) is 22.1. The van der Waals surface area contributed by atoms with Gasteiger partial charge in [-0.2, -0.15) is 0 Å². The summed E-state index contributed by atoms with van der Waals surface area (Å²) in [5.74, 6) is 0.469. The normalized spacial score (nSPS) is 11.7. The Kier molecular flexibility index (Phi) is 9.93. The standard InChI is InChI=1S/C17H27ClN4O4/c1-5-21(13-17(25-6-2)26-7-3)16(12-22(23)24)20(4)11-14-8-9-15(18)19-10-14/h8-10,12,17H,5-7,11,13H2,1-4H3/b16-12+. The van der Waals surface area contributed by atoms with E-state index in [2.05, 4.69) is 4.98 Å². The molecule has 0 unspecified atom stereocenters. The molecule has 0 saturated heterocycles. The van der Waals surface area contributed by atoms with Crippen LogP contribution in [0.15, 0.2) is 30.4 Å². The van der Waals surface area contributed by atoms with Gasteiger partial charge in [-0.25, -0.2) is 4.98 Å². The van der Waals surface area contributed by atoms with E-state index in [9.17, 15) is 10.1 Å². The monoisotopic (exact) mass is 386 g/mol. The molecule has 1 aromatic rings. The van der Waals surface area contributed by atoms with Crippen LogP contribution in [0.3, 0.4) is 0 Å². The van der Waals surface area contributed by atoms with Crippen LogP contribution in [0.1, 0.15) is 26.3 Å². The fraction of sp³-hybridized carbons (Fsp3) is 0.588. The van der Waals surface area contributed by atoms with Crippen molar-refractivity contribution in [3.63, 3.8) is 0 Å². The van der Waals surface area contributed by atoms with Crippen molar-refractivity contribution < 1.29 is 14.4 Å². The van der Waals surface area contributed by atoms with Gasteiger partial charge in [0.25, 0.3) is 6.20 Å². The highest BCUT2D eigenvalue weighted by molar-refractivity contribution is 6.29. The molecule has 146 valence electrons. The second-order valence-electron chi connectivity index (χ2n) is 5.50. The Hall–Kier alpha value is -1.90. The summed E-state index contributed by atoms with van der Waals surface area (Å²) in [7, 11) is 1.79. The maximum Gasteiger partial charge on any atom is 0.274 e. The maximum absolute atomic E-state index is 11.2. The van der Waals surface area contributed by atoms with E-state index in [0.717, 1.165) is 11.8 Å². The third kappa shape index (κ3) is 7.55. The van der Waals surface area contributed by atoms with Gasteiger partial charge in [0.2, 0.25) is 0 Å². The fourth-order valence-corrected chi connectivity index (χ4v) is 2.57. The molecule has 0 N–H and O–H groups in total. The van der Waals surface area contributed by atoms with Crippen molar-refractivity contribution in [2.45, 2.75) is 33.6 Å². The van der Waals surface area contributed by atoms with Crippen LogP contribution in [0.25, 0.3) is 0 Å². The first-order valence-electron chi connectivity index (χ1n) is 8.56. The van der Waals surface area contributed by atoms with Crippen molar-refractivity contribution in [2.24, 2.45) is 0 Å². The Bertz CT molecular complexity index is 577. The highest BCUT2D eigenvalue weighted by atomic mass is 35.5. The Morgan fingerprint density at radius 3 is 2.46 bits per heavy atom. The molecule has 0 saturated carbocycles. The lowest BCUT2D eigenvalue weighted by Gasteiger charge is -2.33. The van der Waals surface area contributed by atoms with E-state index in [1.807, 2.05) is 31.7 Å². The molecule has 8 nitrogen and oxygen atoms in total. The highest BCUT2D eigenvalue weighted by Crippen LogP contribution is 2.16. The fourth-order valence-electron chi connectivity index (χ4n) is 2.46. The average molecular weight is 387 g/mol. The van der Waals surface area contributed by atoms with Gasteiger partial charge >= 0.3 is 0 Å². The molecule has 0 aliphatic rings. The third-order valence-electron chi connectivity index (χ3n) is 3.60. The number of hydrogen-bond donors (Lipinski definition) is 0. The molecular formula is C17H27ClN4O4. The second kappa shape index (κ2) is 11.7. The lowest BCUT2D eigenvalue weighted by atomic mass is 10.2. The second-order valence-corrected chi connectivity index (χ2v) is 5.88. The quantitative estimate of drug-likeness (QED) is 0.236. The molecule has 0 aromatic carbocycles. The van der Waals surface area contributed by atoms with Gasteiger partial charge in [-0.15, -0.1) is 0 Å². The zero-order chi connectivity index (χ0) is 19.5. The van der Waals surface area contributed by atoms with Crippen LogP contribution in [-0.4, -0.2) is 59.3 Å². The van der Waals surface area contributed by atoms with Gasteiger partial charge in [0.05, 0.1) is 11.5 Å². The topological polar surface area (TPSA) is 81.0 Å². The predicted octanol–water partition coefficient (Wildman–Crippen LogP) is 2.96. The Balaban J connectivity index is 2.97. The molecule has 9 heteroatoms. The number of hydrogen-bond acceptors (Lipinski definition) is 7. The van der Waals surface area contributed by atoms with Crippen LogP contribution in [-0.2, 0) is 16.0 Å². The number of nitro groups is 1. The molecule has 26 heavy (non-hydrogen) atoms. The molecule has 1 heterocycles. The summed E-state index contributed by atoms with van der Waals surface area (Å²) >= 11 is 5.81. The zero-order valence-electron chi connectivity index (χ0n) is 15.7. The van der Waals surface area contributed by atoms with Crippen molar-refractivity contribution in [3.05, 3.63) is 51.2 Å². The number of aromatic nitrogens is 1. The molecule has 0 aliphatic heterocycles. The molecule has 0 atom stereocenters. The van der Waals surface area contributed by atoms with E-state index in [0.29, 0.717) is 43.8 Å². The lowest BCUT2D eigenvalue weighted by Crippen LogP contribution is -2.40. The van der Waals surface area contributed by atoms with Crippen LogP contribution < -0.4 is 0 Å². The van der Waals surface area contributed by atoms with E-state index < -0.39 is 11.2 Å². The Morgan fingerprint density at radius 1 is 1.35 bits per heavy atom. The van der Waals surface area contributed by atoms with E-state index in [1.165, 1.54) is 0 Å². The molecule has 0 bridgehead atoms. The molecular weight excluding hydrogens is 360 g/mol. The largest absolute Gasteiger partial charge is 0.352 e. The number of halogens is 1. The SMILES string of the molecule is CCOC(CN(CC)/C(=C/[N+](=O)[O-])N(C)Cc1ccc(Cl)nc1)OCC. The Labute approximate surface area is 159 Å². The van der Waals surface area contributed by atoms with Crippen LogP contribution in [0.5, 0.6) is 0 Å². The van der Waals surface area contributed by atoms with E-state index in [1.54, 1.807) is 24.2 Å².